The number of anilines is 1. The summed E-state index contributed by atoms with van der Waals surface area (Å²) in [7, 11) is 0. The standard InChI is InChI=1S/C23H19ClN4OS/c1-16-11-13-18(14-12-16)28-22(17-7-3-2-4-8-17)26-27-23(28)30-15-21(29)25-20-10-6-5-9-19(20)24/h2-14H,15H2,1H3,(H,25,29). The van der Waals surface area contributed by atoms with Gasteiger partial charge in [0.15, 0.2) is 11.0 Å². The van der Waals surface area contributed by atoms with Crippen LogP contribution in [0.2, 0.25) is 5.02 Å². The zero-order valence-corrected chi connectivity index (χ0v) is 17.8. The number of nitrogens with one attached hydrogen (secondary N) is 1. The minimum Gasteiger partial charge on any atom is -0.324 e. The molecule has 5 nitrogen and oxygen atoms in total. The lowest BCUT2D eigenvalue weighted by molar-refractivity contribution is -0.113. The van der Waals surface area contributed by atoms with Crippen molar-refractivity contribution < 1.29 is 4.79 Å². The maximum atomic E-state index is 12.5. The van der Waals surface area contributed by atoms with Gasteiger partial charge in [0, 0.05) is 11.3 Å². The summed E-state index contributed by atoms with van der Waals surface area (Å²) < 4.78 is 1.97. The number of para-hydroxylation sites is 1. The minimum atomic E-state index is -0.159. The zero-order valence-electron chi connectivity index (χ0n) is 16.2. The average Bonchev–Trinajstić information content (AvgIpc) is 3.19. The van der Waals surface area contributed by atoms with Crippen LogP contribution in [0.1, 0.15) is 5.56 Å². The third-order valence-electron chi connectivity index (χ3n) is 4.44. The number of halogens is 1. The van der Waals surface area contributed by atoms with Crippen molar-refractivity contribution in [3.8, 4) is 17.1 Å². The Hall–Kier alpha value is -3.09. The summed E-state index contributed by atoms with van der Waals surface area (Å²) in [4.78, 5) is 12.5. The molecular weight excluding hydrogens is 416 g/mol. The summed E-state index contributed by atoms with van der Waals surface area (Å²) in [5, 5.41) is 12.7. The van der Waals surface area contributed by atoms with E-state index in [0.29, 0.717) is 15.9 Å². The third kappa shape index (κ3) is 4.56. The third-order valence-corrected chi connectivity index (χ3v) is 5.70. The van der Waals surface area contributed by atoms with Gasteiger partial charge in [0.25, 0.3) is 0 Å². The molecule has 4 aromatic rings. The number of thioether (sulfide) groups is 1. The number of aromatic nitrogens is 3. The van der Waals surface area contributed by atoms with Crippen LogP contribution >= 0.6 is 23.4 Å². The molecule has 0 aliphatic heterocycles. The van der Waals surface area contributed by atoms with E-state index in [2.05, 4.69) is 15.5 Å². The number of rotatable bonds is 6. The quantitative estimate of drug-likeness (QED) is 0.400. The second kappa shape index (κ2) is 9.15. The molecule has 0 spiro atoms. The van der Waals surface area contributed by atoms with Crippen molar-refractivity contribution in [1.82, 2.24) is 14.8 Å². The van der Waals surface area contributed by atoms with Crippen molar-refractivity contribution >= 4 is 35.0 Å². The maximum Gasteiger partial charge on any atom is 0.234 e. The molecule has 1 N–H and O–H groups in total. The monoisotopic (exact) mass is 434 g/mol. The van der Waals surface area contributed by atoms with Crippen LogP contribution < -0.4 is 5.32 Å². The summed E-state index contributed by atoms with van der Waals surface area (Å²) in [6.07, 6.45) is 0. The van der Waals surface area contributed by atoms with Crippen LogP contribution in [0, 0.1) is 6.92 Å². The molecule has 0 aliphatic carbocycles. The Morgan fingerprint density at radius 2 is 1.67 bits per heavy atom. The smallest absolute Gasteiger partial charge is 0.234 e. The first-order valence-electron chi connectivity index (χ1n) is 9.37. The summed E-state index contributed by atoms with van der Waals surface area (Å²) in [5.74, 6) is 0.755. The highest BCUT2D eigenvalue weighted by atomic mass is 35.5. The van der Waals surface area contributed by atoms with Crippen LogP contribution in [-0.2, 0) is 4.79 Å². The van der Waals surface area contributed by atoms with Gasteiger partial charge in [-0.2, -0.15) is 0 Å². The Kier molecular flexibility index (Phi) is 6.16. The van der Waals surface area contributed by atoms with Crippen molar-refractivity contribution in [1.29, 1.82) is 0 Å². The van der Waals surface area contributed by atoms with Gasteiger partial charge in [0.05, 0.1) is 16.5 Å². The van der Waals surface area contributed by atoms with Gasteiger partial charge in [-0.3, -0.25) is 9.36 Å². The normalized spacial score (nSPS) is 10.7. The molecule has 0 aliphatic rings. The Morgan fingerprint density at radius 1 is 0.967 bits per heavy atom. The Labute approximate surface area is 184 Å². The average molecular weight is 435 g/mol. The Morgan fingerprint density at radius 3 is 2.40 bits per heavy atom. The van der Waals surface area contributed by atoms with Gasteiger partial charge in [-0.15, -0.1) is 10.2 Å². The molecule has 0 atom stereocenters. The Balaban J connectivity index is 1.60. The fourth-order valence-electron chi connectivity index (χ4n) is 2.94. The number of aryl methyl sites for hydroxylation is 1. The molecule has 150 valence electrons. The molecule has 0 unspecified atom stereocenters. The van der Waals surface area contributed by atoms with E-state index in [-0.39, 0.29) is 11.7 Å². The van der Waals surface area contributed by atoms with Gasteiger partial charge >= 0.3 is 0 Å². The predicted molar refractivity (Wildman–Crippen MR) is 122 cm³/mol. The van der Waals surface area contributed by atoms with E-state index >= 15 is 0 Å². The van der Waals surface area contributed by atoms with Crippen molar-refractivity contribution in [3.63, 3.8) is 0 Å². The lowest BCUT2D eigenvalue weighted by atomic mass is 10.2. The van der Waals surface area contributed by atoms with Gasteiger partial charge in [-0.25, -0.2) is 0 Å². The molecule has 4 rings (SSSR count). The predicted octanol–water partition coefficient (Wildman–Crippen LogP) is 5.63. The molecule has 0 radical (unpaired) electrons. The Bertz CT molecular complexity index is 1160. The van der Waals surface area contributed by atoms with E-state index in [9.17, 15) is 4.79 Å². The highest BCUT2D eigenvalue weighted by Crippen LogP contribution is 2.28. The summed E-state index contributed by atoms with van der Waals surface area (Å²) in [5.41, 5.74) is 3.66. The number of carbonyl (C=O) groups excluding carboxylic acids is 1. The van der Waals surface area contributed by atoms with Crippen molar-refractivity contribution in [2.24, 2.45) is 0 Å². The first-order chi connectivity index (χ1) is 14.6. The van der Waals surface area contributed by atoms with Crippen LogP contribution in [0.4, 0.5) is 5.69 Å². The molecule has 1 aromatic heterocycles. The molecular formula is C23H19ClN4OS. The number of carbonyl (C=O) groups is 1. The van der Waals surface area contributed by atoms with Gasteiger partial charge < -0.3 is 5.32 Å². The van der Waals surface area contributed by atoms with Gasteiger partial charge in [0.1, 0.15) is 0 Å². The van der Waals surface area contributed by atoms with Crippen LogP contribution in [0.25, 0.3) is 17.1 Å². The van der Waals surface area contributed by atoms with Crippen LogP contribution in [-0.4, -0.2) is 26.4 Å². The molecule has 1 amide bonds. The number of hydrogen-bond donors (Lipinski definition) is 1. The second-order valence-corrected chi connectivity index (χ2v) is 8.01. The largest absolute Gasteiger partial charge is 0.324 e. The fourth-order valence-corrected chi connectivity index (χ4v) is 3.88. The lowest BCUT2D eigenvalue weighted by Crippen LogP contribution is -2.14. The lowest BCUT2D eigenvalue weighted by Gasteiger charge is -2.11. The maximum absolute atomic E-state index is 12.5. The SMILES string of the molecule is Cc1ccc(-n2c(SCC(=O)Nc3ccccc3Cl)nnc2-c2ccccc2)cc1. The summed E-state index contributed by atoms with van der Waals surface area (Å²) >= 11 is 7.46. The summed E-state index contributed by atoms with van der Waals surface area (Å²) in [6.45, 7) is 2.04. The summed E-state index contributed by atoms with van der Waals surface area (Å²) in [6, 6.07) is 25.2. The molecule has 3 aromatic carbocycles. The van der Waals surface area contributed by atoms with E-state index in [1.54, 1.807) is 12.1 Å². The number of benzene rings is 3. The molecule has 0 fully saturated rings. The van der Waals surface area contributed by atoms with E-state index in [1.165, 1.54) is 17.3 Å². The van der Waals surface area contributed by atoms with E-state index in [1.807, 2.05) is 78.2 Å². The van der Waals surface area contributed by atoms with E-state index < -0.39 is 0 Å². The first kappa shape index (κ1) is 20.2. The first-order valence-corrected chi connectivity index (χ1v) is 10.7. The van der Waals surface area contributed by atoms with Crippen molar-refractivity contribution in [3.05, 3.63) is 89.4 Å². The highest BCUT2D eigenvalue weighted by Gasteiger charge is 2.17. The molecule has 0 saturated heterocycles. The van der Waals surface area contributed by atoms with E-state index in [0.717, 1.165) is 17.1 Å². The fraction of sp³-hybridized carbons (Fsp3) is 0.0870. The van der Waals surface area contributed by atoms with Crippen LogP contribution in [0.3, 0.4) is 0 Å². The van der Waals surface area contributed by atoms with Crippen LogP contribution in [0.5, 0.6) is 0 Å². The molecule has 7 heteroatoms. The molecule has 0 saturated carbocycles. The van der Waals surface area contributed by atoms with Crippen molar-refractivity contribution in [2.75, 3.05) is 11.1 Å². The zero-order chi connectivity index (χ0) is 20.9. The number of hydrogen-bond acceptors (Lipinski definition) is 4. The highest BCUT2D eigenvalue weighted by molar-refractivity contribution is 7.99. The number of nitrogens with zero attached hydrogens (tertiary/aromatic N) is 3. The molecule has 0 bridgehead atoms. The van der Waals surface area contributed by atoms with Gasteiger partial charge in [0.2, 0.25) is 5.91 Å². The second-order valence-electron chi connectivity index (χ2n) is 6.66. The molecule has 30 heavy (non-hydrogen) atoms. The topological polar surface area (TPSA) is 59.8 Å². The van der Waals surface area contributed by atoms with Gasteiger partial charge in [-0.05, 0) is 31.2 Å². The molecule has 1 heterocycles. The number of amides is 1. The minimum absolute atomic E-state index is 0.159. The van der Waals surface area contributed by atoms with E-state index in [4.69, 9.17) is 11.6 Å². The van der Waals surface area contributed by atoms with Gasteiger partial charge in [-0.1, -0.05) is 83.5 Å². The van der Waals surface area contributed by atoms with Crippen molar-refractivity contribution in [2.45, 2.75) is 12.1 Å². The van der Waals surface area contributed by atoms with Crippen LogP contribution in [0.15, 0.2) is 84.0 Å².